The molecule has 0 spiro atoms. The van der Waals surface area contributed by atoms with E-state index in [4.69, 9.17) is 5.73 Å². The number of carbonyl (C=O) groups is 1. The van der Waals surface area contributed by atoms with Crippen molar-refractivity contribution in [2.24, 2.45) is 0 Å². The van der Waals surface area contributed by atoms with Crippen molar-refractivity contribution in [3.8, 4) is 0 Å². The van der Waals surface area contributed by atoms with Crippen molar-refractivity contribution < 1.29 is 13.2 Å². The molecule has 0 aromatic heterocycles. The van der Waals surface area contributed by atoms with E-state index in [-0.39, 0.29) is 17.4 Å². The second-order valence-electron chi connectivity index (χ2n) is 5.23. The molecule has 0 unspecified atom stereocenters. The largest absolute Gasteiger partial charge is 0.397 e. The Balaban J connectivity index is 1.80. The highest BCUT2D eigenvalue weighted by molar-refractivity contribution is 7.91. The number of hydrogen-bond donors (Lipinski definition) is 2. The van der Waals surface area contributed by atoms with Gasteiger partial charge in [-0.3, -0.25) is 4.79 Å². The van der Waals surface area contributed by atoms with Gasteiger partial charge in [0.2, 0.25) is 5.91 Å². The van der Waals surface area contributed by atoms with E-state index in [9.17, 15) is 13.2 Å². The zero-order valence-electron chi connectivity index (χ0n) is 11.9. The maximum Gasteiger partial charge on any atom is 0.225 e. The molecule has 6 nitrogen and oxygen atoms in total. The lowest BCUT2D eigenvalue weighted by Gasteiger charge is -2.18. The Labute approximate surface area is 125 Å². The summed E-state index contributed by atoms with van der Waals surface area (Å²) in [6.45, 7) is 1.79. The number of anilines is 2. The first-order chi connectivity index (χ1) is 9.96. The van der Waals surface area contributed by atoms with Gasteiger partial charge in [0.15, 0.2) is 9.84 Å². The average Bonchev–Trinajstić information content (AvgIpc) is 2.60. The normalized spacial score (nSPS) is 18.9. The van der Waals surface area contributed by atoms with Crippen molar-refractivity contribution in [2.75, 3.05) is 42.2 Å². The number of amides is 1. The van der Waals surface area contributed by atoms with Crippen molar-refractivity contribution >= 4 is 27.1 Å². The minimum absolute atomic E-state index is 0.111. The van der Waals surface area contributed by atoms with Crippen molar-refractivity contribution in [1.29, 1.82) is 0 Å². The molecule has 21 heavy (non-hydrogen) atoms. The number of carbonyl (C=O) groups excluding carboxylic acids is 1. The monoisotopic (exact) mass is 311 g/mol. The Kier molecular flexibility index (Phi) is 5.19. The first kappa shape index (κ1) is 15.8. The Bertz CT molecular complexity index is 601. The summed E-state index contributed by atoms with van der Waals surface area (Å²) in [4.78, 5) is 13.9. The lowest BCUT2D eigenvalue weighted by molar-refractivity contribution is -0.116. The summed E-state index contributed by atoms with van der Waals surface area (Å²) in [5, 5.41) is 2.77. The number of hydrogen-bond acceptors (Lipinski definition) is 5. The van der Waals surface area contributed by atoms with Gasteiger partial charge in [0.05, 0.1) is 22.9 Å². The molecular weight excluding hydrogens is 290 g/mol. The van der Waals surface area contributed by atoms with Crippen molar-refractivity contribution in [3.63, 3.8) is 0 Å². The van der Waals surface area contributed by atoms with Gasteiger partial charge in [0, 0.05) is 19.5 Å². The van der Waals surface area contributed by atoms with Gasteiger partial charge < -0.3 is 16.0 Å². The minimum Gasteiger partial charge on any atom is -0.397 e. The van der Waals surface area contributed by atoms with Gasteiger partial charge in [0.1, 0.15) is 0 Å². The Morgan fingerprint density at radius 3 is 2.76 bits per heavy atom. The molecule has 1 amide bonds. The molecule has 1 fully saturated rings. The molecule has 1 heterocycles. The van der Waals surface area contributed by atoms with Crippen molar-refractivity contribution in [3.05, 3.63) is 24.3 Å². The lowest BCUT2D eigenvalue weighted by Crippen LogP contribution is -2.30. The summed E-state index contributed by atoms with van der Waals surface area (Å²) in [7, 11) is -2.90. The fourth-order valence-electron chi connectivity index (χ4n) is 2.30. The standard InChI is InChI=1S/C14H21N3O3S/c15-12-4-1-2-5-13(12)16-14(18)6-8-17-7-3-10-21(19,20)11-9-17/h1-2,4-5H,3,6-11,15H2,(H,16,18). The molecule has 0 radical (unpaired) electrons. The molecule has 0 aliphatic carbocycles. The lowest BCUT2D eigenvalue weighted by atomic mass is 10.2. The molecule has 1 aromatic rings. The van der Waals surface area contributed by atoms with E-state index in [0.717, 1.165) is 6.54 Å². The van der Waals surface area contributed by atoms with E-state index in [0.29, 0.717) is 37.3 Å². The quantitative estimate of drug-likeness (QED) is 0.799. The van der Waals surface area contributed by atoms with Gasteiger partial charge in [-0.1, -0.05) is 12.1 Å². The third-order valence-corrected chi connectivity index (χ3v) is 5.25. The fourth-order valence-corrected chi connectivity index (χ4v) is 3.61. The van der Waals surface area contributed by atoms with E-state index in [1.54, 1.807) is 12.1 Å². The number of nitrogens with zero attached hydrogens (tertiary/aromatic N) is 1. The van der Waals surface area contributed by atoms with E-state index in [1.165, 1.54) is 0 Å². The number of nitrogen functional groups attached to an aromatic ring is 1. The van der Waals surface area contributed by atoms with Crippen LogP contribution in [0.5, 0.6) is 0 Å². The average molecular weight is 311 g/mol. The molecule has 0 bridgehead atoms. The molecule has 2 rings (SSSR count). The van der Waals surface area contributed by atoms with Crippen LogP contribution in [0.25, 0.3) is 0 Å². The molecule has 3 N–H and O–H groups in total. The molecular formula is C14H21N3O3S. The minimum atomic E-state index is -2.90. The second kappa shape index (κ2) is 6.91. The summed E-state index contributed by atoms with van der Waals surface area (Å²) in [5.41, 5.74) is 6.91. The predicted molar refractivity (Wildman–Crippen MR) is 83.8 cm³/mol. The fraction of sp³-hybridized carbons (Fsp3) is 0.500. The summed E-state index contributed by atoms with van der Waals surface area (Å²) < 4.78 is 23.0. The molecule has 1 saturated heterocycles. The van der Waals surface area contributed by atoms with Crippen LogP contribution in [0.1, 0.15) is 12.8 Å². The summed E-state index contributed by atoms with van der Waals surface area (Å²) in [6, 6.07) is 7.11. The highest BCUT2D eigenvalue weighted by atomic mass is 32.2. The Hall–Kier alpha value is -1.60. The second-order valence-corrected chi connectivity index (χ2v) is 7.54. The highest BCUT2D eigenvalue weighted by Crippen LogP contribution is 2.16. The molecule has 1 aromatic carbocycles. The van der Waals surface area contributed by atoms with Crippen LogP contribution >= 0.6 is 0 Å². The maximum atomic E-state index is 11.9. The zero-order valence-corrected chi connectivity index (χ0v) is 12.7. The number of nitrogens with two attached hydrogens (primary N) is 1. The van der Waals surface area contributed by atoms with E-state index >= 15 is 0 Å². The number of benzene rings is 1. The van der Waals surface area contributed by atoms with Crippen LogP contribution in [0, 0.1) is 0 Å². The van der Waals surface area contributed by atoms with Crippen LogP contribution in [0.15, 0.2) is 24.3 Å². The van der Waals surface area contributed by atoms with Crippen LogP contribution in [0.3, 0.4) is 0 Å². The number of sulfone groups is 1. The third-order valence-electron chi connectivity index (χ3n) is 3.54. The van der Waals surface area contributed by atoms with E-state index < -0.39 is 9.84 Å². The van der Waals surface area contributed by atoms with E-state index in [1.807, 2.05) is 17.0 Å². The molecule has 1 aliphatic heterocycles. The van der Waals surface area contributed by atoms with Gasteiger partial charge in [-0.2, -0.15) is 0 Å². The van der Waals surface area contributed by atoms with Crippen LogP contribution in [-0.2, 0) is 14.6 Å². The van der Waals surface area contributed by atoms with Gasteiger partial charge in [-0.15, -0.1) is 0 Å². The number of para-hydroxylation sites is 2. The smallest absolute Gasteiger partial charge is 0.225 e. The van der Waals surface area contributed by atoms with E-state index in [2.05, 4.69) is 5.32 Å². The molecule has 116 valence electrons. The van der Waals surface area contributed by atoms with Crippen LogP contribution in [-0.4, -0.2) is 50.4 Å². The number of rotatable bonds is 4. The molecule has 0 saturated carbocycles. The Morgan fingerprint density at radius 1 is 1.24 bits per heavy atom. The van der Waals surface area contributed by atoms with Crippen LogP contribution in [0.4, 0.5) is 11.4 Å². The SMILES string of the molecule is Nc1ccccc1NC(=O)CCN1CCCS(=O)(=O)CC1. The topological polar surface area (TPSA) is 92.5 Å². The maximum absolute atomic E-state index is 11.9. The van der Waals surface area contributed by atoms with Crippen molar-refractivity contribution in [1.82, 2.24) is 4.90 Å². The predicted octanol–water partition coefficient (Wildman–Crippen LogP) is 0.718. The Morgan fingerprint density at radius 2 is 2.00 bits per heavy atom. The first-order valence-electron chi connectivity index (χ1n) is 7.03. The zero-order chi connectivity index (χ0) is 15.3. The van der Waals surface area contributed by atoms with Gasteiger partial charge >= 0.3 is 0 Å². The highest BCUT2D eigenvalue weighted by Gasteiger charge is 2.19. The van der Waals surface area contributed by atoms with Gasteiger partial charge in [0.25, 0.3) is 0 Å². The molecule has 1 aliphatic rings. The summed E-state index contributed by atoms with van der Waals surface area (Å²) in [6.07, 6.45) is 0.962. The number of nitrogens with one attached hydrogen (secondary N) is 1. The summed E-state index contributed by atoms with van der Waals surface area (Å²) in [5.74, 6) is 0.316. The van der Waals surface area contributed by atoms with Crippen LogP contribution in [0.2, 0.25) is 0 Å². The van der Waals surface area contributed by atoms with Crippen molar-refractivity contribution in [2.45, 2.75) is 12.8 Å². The first-order valence-corrected chi connectivity index (χ1v) is 8.85. The molecule has 7 heteroatoms. The van der Waals surface area contributed by atoms with Crippen LogP contribution < -0.4 is 11.1 Å². The van der Waals surface area contributed by atoms with Gasteiger partial charge in [-0.05, 0) is 25.1 Å². The third kappa shape index (κ3) is 5.02. The molecule has 0 atom stereocenters. The summed E-state index contributed by atoms with van der Waals surface area (Å²) >= 11 is 0. The van der Waals surface area contributed by atoms with Gasteiger partial charge in [-0.25, -0.2) is 8.42 Å².